The summed E-state index contributed by atoms with van der Waals surface area (Å²) in [6, 6.07) is 12.4. The number of halogens is 2. The molecule has 2 aromatic carbocycles. The second kappa shape index (κ2) is 7.27. The highest BCUT2D eigenvalue weighted by atomic mass is 19.1. The average molecular weight is 392 g/mol. The Hall–Kier alpha value is -3.87. The third kappa shape index (κ3) is 3.16. The number of hydrogen-bond acceptors (Lipinski definition) is 4. The molecular weight excluding hydrogens is 378 g/mol. The molecule has 3 aromatic rings. The number of ketones is 1. The first kappa shape index (κ1) is 18.5. The maximum Gasteiger partial charge on any atom is 0.300 e. The van der Waals surface area contributed by atoms with Gasteiger partial charge in [0.05, 0.1) is 11.6 Å². The number of amides is 1. The monoisotopic (exact) mass is 392 g/mol. The van der Waals surface area contributed by atoms with Crippen LogP contribution in [0.3, 0.4) is 0 Å². The zero-order valence-corrected chi connectivity index (χ0v) is 14.9. The molecule has 0 saturated carbocycles. The van der Waals surface area contributed by atoms with Gasteiger partial charge in [0, 0.05) is 29.2 Å². The Morgan fingerprint density at radius 3 is 2.38 bits per heavy atom. The topological polar surface area (TPSA) is 70.5 Å². The number of rotatable bonds is 3. The summed E-state index contributed by atoms with van der Waals surface area (Å²) in [6.45, 7) is 0. The van der Waals surface area contributed by atoms with Crippen molar-refractivity contribution in [2.45, 2.75) is 6.04 Å². The minimum atomic E-state index is -1.26. The summed E-state index contributed by atoms with van der Waals surface area (Å²) >= 11 is 0. The highest BCUT2D eigenvalue weighted by Crippen LogP contribution is 2.42. The van der Waals surface area contributed by atoms with Crippen LogP contribution in [0.15, 0.2) is 78.6 Å². The second-order valence-corrected chi connectivity index (χ2v) is 6.41. The van der Waals surface area contributed by atoms with Crippen LogP contribution >= 0.6 is 0 Å². The minimum Gasteiger partial charge on any atom is -0.507 e. The molecule has 1 saturated heterocycles. The minimum absolute atomic E-state index is 0.00608. The first-order valence-electron chi connectivity index (χ1n) is 8.70. The predicted octanol–water partition coefficient (Wildman–Crippen LogP) is 3.99. The number of aromatic nitrogens is 1. The van der Waals surface area contributed by atoms with Gasteiger partial charge < -0.3 is 5.11 Å². The van der Waals surface area contributed by atoms with E-state index in [1.807, 2.05) is 0 Å². The van der Waals surface area contributed by atoms with E-state index in [4.69, 9.17) is 0 Å². The van der Waals surface area contributed by atoms with Gasteiger partial charge in [0.1, 0.15) is 17.4 Å². The van der Waals surface area contributed by atoms with Gasteiger partial charge in [0.15, 0.2) is 0 Å². The van der Waals surface area contributed by atoms with E-state index in [2.05, 4.69) is 4.98 Å². The molecule has 0 aliphatic carbocycles. The van der Waals surface area contributed by atoms with E-state index in [9.17, 15) is 23.5 Å². The fraction of sp³-hybridized carbons (Fsp3) is 0.0455. The van der Waals surface area contributed by atoms with Crippen LogP contribution in [0.1, 0.15) is 17.2 Å². The van der Waals surface area contributed by atoms with E-state index in [0.29, 0.717) is 0 Å². The van der Waals surface area contributed by atoms with Gasteiger partial charge in [-0.25, -0.2) is 8.78 Å². The van der Waals surface area contributed by atoms with Crippen LogP contribution in [0, 0.1) is 11.6 Å². The van der Waals surface area contributed by atoms with Crippen LogP contribution in [-0.2, 0) is 9.59 Å². The van der Waals surface area contributed by atoms with Gasteiger partial charge in [-0.3, -0.25) is 19.5 Å². The van der Waals surface area contributed by atoms with Gasteiger partial charge in [-0.05, 0) is 36.4 Å². The summed E-state index contributed by atoms with van der Waals surface area (Å²) in [5.74, 6) is -3.72. The lowest BCUT2D eigenvalue weighted by Crippen LogP contribution is -2.30. The number of aliphatic hydroxyl groups excluding tert-OH is 1. The molecule has 0 bridgehead atoms. The maximum absolute atomic E-state index is 14.7. The quantitative estimate of drug-likeness (QED) is 0.416. The smallest absolute Gasteiger partial charge is 0.300 e. The first-order valence-corrected chi connectivity index (χ1v) is 8.70. The summed E-state index contributed by atoms with van der Waals surface area (Å²) in [4.78, 5) is 30.5. The SMILES string of the molecule is O=C1C(=O)N(c2cccc(F)c2)C(c2ccccc2F)/C1=C(\O)c1ccncc1. The number of anilines is 1. The molecule has 144 valence electrons. The summed E-state index contributed by atoms with van der Waals surface area (Å²) in [5.41, 5.74) is 0.0508. The molecule has 29 heavy (non-hydrogen) atoms. The van der Waals surface area contributed by atoms with Crippen molar-refractivity contribution in [3.63, 3.8) is 0 Å². The van der Waals surface area contributed by atoms with Gasteiger partial charge in [-0.2, -0.15) is 0 Å². The largest absolute Gasteiger partial charge is 0.507 e. The molecule has 2 heterocycles. The van der Waals surface area contributed by atoms with Gasteiger partial charge in [0.25, 0.3) is 11.7 Å². The lowest BCUT2D eigenvalue weighted by molar-refractivity contribution is -0.132. The summed E-state index contributed by atoms with van der Waals surface area (Å²) in [6.07, 6.45) is 2.83. The van der Waals surface area contributed by atoms with Crippen molar-refractivity contribution >= 4 is 23.1 Å². The fourth-order valence-corrected chi connectivity index (χ4v) is 3.38. The van der Waals surface area contributed by atoms with Gasteiger partial charge >= 0.3 is 0 Å². The van der Waals surface area contributed by atoms with E-state index >= 15 is 0 Å². The van der Waals surface area contributed by atoms with Crippen molar-refractivity contribution in [1.82, 2.24) is 4.98 Å². The number of benzene rings is 2. The molecule has 1 aromatic heterocycles. The van der Waals surface area contributed by atoms with E-state index in [-0.39, 0.29) is 22.4 Å². The lowest BCUT2D eigenvalue weighted by atomic mass is 9.95. The Morgan fingerprint density at radius 2 is 1.69 bits per heavy atom. The number of Topliss-reactive ketones (excluding diaryl/α,β-unsaturated/α-hetero) is 1. The van der Waals surface area contributed by atoms with Gasteiger partial charge in [0.2, 0.25) is 0 Å². The fourth-order valence-electron chi connectivity index (χ4n) is 3.38. The highest BCUT2D eigenvalue weighted by molar-refractivity contribution is 6.51. The first-order chi connectivity index (χ1) is 14.0. The van der Waals surface area contributed by atoms with Crippen LogP contribution in [0.25, 0.3) is 5.76 Å². The summed E-state index contributed by atoms with van der Waals surface area (Å²) in [7, 11) is 0. The Balaban J connectivity index is 1.99. The van der Waals surface area contributed by atoms with Crippen LogP contribution in [0.2, 0.25) is 0 Å². The van der Waals surface area contributed by atoms with Gasteiger partial charge in [-0.15, -0.1) is 0 Å². The van der Waals surface area contributed by atoms with Crippen molar-refractivity contribution < 1.29 is 23.5 Å². The Bertz CT molecular complexity index is 1150. The van der Waals surface area contributed by atoms with Crippen molar-refractivity contribution in [2.24, 2.45) is 0 Å². The molecule has 7 heteroatoms. The second-order valence-electron chi connectivity index (χ2n) is 6.41. The standard InChI is InChI=1S/C22H14F2N2O3/c23-14-4-3-5-15(12-14)26-19(16-6-1-2-7-17(16)24)18(21(28)22(26)29)20(27)13-8-10-25-11-9-13/h1-12,19,27H/b20-18+. The van der Waals surface area contributed by atoms with Crippen LogP contribution in [0.4, 0.5) is 14.5 Å². The van der Waals surface area contributed by atoms with Crippen LogP contribution < -0.4 is 4.90 Å². The molecule has 4 rings (SSSR count). The maximum atomic E-state index is 14.7. The van der Waals surface area contributed by atoms with E-state index in [1.54, 1.807) is 6.07 Å². The van der Waals surface area contributed by atoms with Crippen LogP contribution in [-0.4, -0.2) is 21.8 Å². The molecule has 0 radical (unpaired) electrons. The van der Waals surface area contributed by atoms with Crippen LogP contribution in [0.5, 0.6) is 0 Å². The summed E-state index contributed by atoms with van der Waals surface area (Å²) in [5, 5.41) is 10.8. The molecule has 0 spiro atoms. The summed E-state index contributed by atoms with van der Waals surface area (Å²) < 4.78 is 28.5. The Morgan fingerprint density at radius 1 is 0.966 bits per heavy atom. The number of pyridine rings is 1. The van der Waals surface area contributed by atoms with Crippen molar-refractivity contribution in [1.29, 1.82) is 0 Å². The highest BCUT2D eigenvalue weighted by Gasteiger charge is 2.47. The number of carbonyl (C=O) groups is 2. The number of carbonyl (C=O) groups excluding carboxylic acids is 2. The van der Waals surface area contributed by atoms with Crippen molar-refractivity contribution in [2.75, 3.05) is 4.90 Å². The average Bonchev–Trinajstić information content (AvgIpc) is 2.99. The zero-order chi connectivity index (χ0) is 20.5. The molecule has 1 aliphatic heterocycles. The normalized spacial score (nSPS) is 18.3. The van der Waals surface area contributed by atoms with Crippen molar-refractivity contribution in [3.8, 4) is 0 Å². The zero-order valence-electron chi connectivity index (χ0n) is 14.9. The third-order valence-electron chi connectivity index (χ3n) is 4.68. The Kier molecular flexibility index (Phi) is 4.64. The molecule has 1 atom stereocenters. The van der Waals surface area contributed by atoms with E-state index < -0.39 is 35.1 Å². The molecule has 1 unspecified atom stereocenters. The molecule has 1 fully saturated rings. The Labute approximate surface area is 164 Å². The number of hydrogen-bond donors (Lipinski definition) is 1. The third-order valence-corrected chi connectivity index (χ3v) is 4.68. The number of nitrogens with zero attached hydrogens (tertiary/aromatic N) is 2. The van der Waals surface area contributed by atoms with Gasteiger partial charge in [-0.1, -0.05) is 24.3 Å². The van der Waals surface area contributed by atoms with Crippen molar-refractivity contribution in [3.05, 3.63) is 101 Å². The predicted molar refractivity (Wildman–Crippen MR) is 102 cm³/mol. The molecular formula is C22H14F2N2O3. The van der Waals surface area contributed by atoms with E-state index in [1.165, 1.54) is 60.9 Å². The molecule has 1 N–H and O–H groups in total. The molecule has 5 nitrogen and oxygen atoms in total. The molecule has 1 amide bonds. The molecule has 1 aliphatic rings. The van der Waals surface area contributed by atoms with E-state index in [0.717, 1.165) is 11.0 Å². The lowest BCUT2D eigenvalue weighted by Gasteiger charge is -2.25. The number of aliphatic hydroxyl groups is 1.